The van der Waals surface area contributed by atoms with Crippen molar-refractivity contribution in [2.24, 2.45) is 0 Å². The van der Waals surface area contributed by atoms with E-state index in [-0.39, 0.29) is 11.7 Å². The summed E-state index contributed by atoms with van der Waals surface area (Å²) in [6.45, 7) is 0.368. The van der Waals surface area contributed by atoms with Crippen LogP contribution in [0, 0.1) is 0 Å². The zero-order valence-electron chi connectivity index (χ0n) is 15.0. The number of Topliss-reactive ketones (excluding diaryl/α,β-unsaturated/α-hetero) is 1. The van der Waals surface area contributed by atoms with Crippen molar-refractivity contribution in [1.29, 1.82) is 0 Å². The number of anilines is 1. The highest BCUT2D eigenvalue weighted by molar-refractivity contribution is 6.13. The maximum Gasteiger partial charge on any atom is 0.258 e. The molecule has 1 aliphatic rings. The molecular formula is C23H19NO3. The van der Waals surface area contributed by atoms with E-state index in [9.17, 15) is 9.59 Å². The van der Waals surface area contributed by atoms with E-state index in [1.54, 1.807) is 30.2 Å². The lowest BCUT2D eigenvalue weighted by atomic mass is 9.98. The van der Waals surface area contributed by atoms with E-state index in [0.29, 0.717) is 35.5 Å². The molecule has 4 heteroatoms. The average molecular weight is 357 g/mol. The van der Waals surface area contributed by atoms with Gasteiger partial charge in [0, 0.05) is 30.2 Å². The lowest BCUT2D eigenvalue weighted by Crippen LogP contribution is -2.37. The van der Waals surface area contributed by atoms with Crippen molar-refractivity contribution < 1.29 is 14.3 Å². The molecule has 0 unspecified atom stereocenters. The Labute approximate surface area is 158 Å². The summed E-state index contributed by atoms with van der Waals surface area (Å²) in [6, 6.07) is 22.8. The predicted octanol–water partition coefficient (Wildman–Crippen LogP) is 4.60. The Bertz CT molecular complexity index is 1010. The smallest absolute Gasteiger partial charge is 0.258 e. The molecule has 1 heterocycles. The Balaban J connectivity index is 1.72. The summed E-state index contributed by atoms with van der Waals surface area (Å²) in [4.78, 5) is 27.1. The standard InChI is InChI=1S/C23H19NO3/c1-27-19-10-11-20-21(15-19)24(13-12-22(20)25)23(26)18-9-5-8-17(14-18)16-6-3-2-4-7-16/h2-11,14-15H,12-13H2,1H3. The van der Waals surface area contributed by atoms with Gasteiger partial charge in [0.05, 0.1) is 12.8 Å². The number of methoxy groups -OCH3 is 1. The lowest BCUT2D eigenvalue weighted by molar-refractivity contribution is 0.0955. The van der Waals surface area contributed by atoms with Gasteiger partial charge in [-0.15, -0.1) is 0 Å². The van der Waals surface area contributed by atoms with E-state index in [1.807, 2.05) is 54.6 Å². The summed E-state index contributed by atoms with van der Waals surface area (Å²) in [5.41, 5.74) is 3.82. The van der Waals surface area contributed by atoms with Crippen LogP contribution in [0.4, 0.5) is 5.69 Å². The number of ketones is 1. The van der Waals surface area contributed by atoms with Gasteiger partial charge in [0.25, 0.3) is 5.91 Å². The first-order chi connectivity index (χ1) is 13.2. The number of hydrogen-bond donors (Lipinski definition) is 0. The van der Waals surface area contributed by atoms with Crippen LogP contribution in [0.2, 0.25) is 0 Å². The zero-order chi connectivity index (χ0) is 18.8. The molecule has 27 heavy (non-hydrogen) atoms. The number of ether oxygens (including phenoxy) is 1. The second-order valence-corrected chi connectivity index (χ2v) is 6.46. The second kappa shape index (κ2) is 7.08. The molecule has 134 valence electrons. The molecule has 0 N–H and O–H groups in total. The van der Waals surface area contributed by atoms with Crippen molar-refractivity contribution in [3.05, 3.63) is 83.9 Å². The van der Waals surface area contributed by atoms with Gasteiger partial charge in [-0.2, -0.15) is 0 Å². The Kier molecular flexibility index (Phi) is 4.47. The van der Waals surface area contributed by atoms with Crippen LogP contribution in [0.3, 0.4) is 0 Å². The number of hydrogen-bond acceptors (Lipinski definition) is 3. The van der Waals surface area contributed by atoms with Gasteiger partial charge in [0.2, 0.25) is 0 Å². The summed E-state index contributed by atoms with van der Waals surface area (Å²) in [6.07, 6.45) is 0.323. The first-order valence-corrected chi connectivity index (χ1v) is 8.86. The van der Waals surface area contributed by atoms with Crippen molar-refractivity contribution in [3.63, 3.8) is 0 Å². The third-order valence-electron chi connectivity index (χ3n) is 4.82. The number of fused-ring (bicyclic) bond motifs is 1. The molecule has 1 amide bonds. The minimum absolute atomic E-state index is 0.0507. The number of benzene rings is 3. The monoisotopic (exact) mass is 357 g/mol. The molecule has 0 aromatic heterocycles. The van der Waals surface area contributed by atoms with Crippen molar-refractivity contribution in [2.75, 3.05) is 18.6 Å². The van der Waals surface area contributed by atoms with E-state index < -0.39 is 0 Å². The van der Waals surface area contributed by atoms with Crippen LogP contribution < -0.4 is 9.64 Å². The van der Waals surface area contributed by atoms with Crippen molar-refractivity contribution in [2.45, 2.75) is 6.42 Å². The Morgan fingerprint density at radius 3 is 2.48 bits per heavy atom. The number of nitrogens with zero attached hydrogens (tertiary/aromatic N) is 1. The van der Waals surface area contributed by atoms with Crippen molar-refractivity contribution in [3.8, 4) is 16.9 Å². The molecule has 0 saturated heterocycles. The second-order valence-electron chi connectivity index (χ2n) is 6.46. The third-order valence-corrected chi connectivity index (χ3v) is 4.82. The van der Waals surface area contributed by atoms with Gasteiger partial charge < -0.3 is 9.64 Å². The molecule has 0 fully saturated rings. The van der Waals surface area contributed by atoms with Gasteiger partial charge in [-0.25, -0.2) is 0 Å². The summed E-state index contributed by atoms with van der Waals surface area (Å²) < 4.78 is 5.28. The van der Waals surface area contributed by atoms with E-state index in [2.05, 4.69) is 0 Å². The van der Waals surface area contributed by atoms with Crippen LogP contribution in [-0.4, -0.2) is 25.3 Å². The maximum absolute atomic E-state index is 13.2. The fraction of sp³-hybridized carbons (Fsp3) is 0.130. The Hall–Kier alpha value is -3.40. The summed E-state index contributed by atoms with van der Waals surface area (Å²) in [5.74, 6) is 0.559. The molecule has 0 spiro atoms. The Morgan fingerprint density at radius 2 is 1.70 bits per heavy atom. The molecule has 1 aliphatic heterocycles. The van der Waals surface area contributed by atoms with Crippen molar-refractivity contribution in [1.82, 2.24) is 0 Å². The summed E-state index contributed by atoms with van der Waals surface area (Å²) in [7, 11) is 1.57. The first-order valence-electron chi connectivity index (χ1n) is 8.86. The lowest BCUT2D eigenvalue weighted by Gasteiger charge is -2.29. The molecule has 0 aliphatic carbocycles. The number of rotatable bonds is 3. The molecule has 4 rings (SSSR count). The van der Waals surface area contributed by atoms with Crippen LogP contribution >= 0.6 is 0 Å². The molecule has 4 nitrogen and oxygen atoms in total. The van der Waals surface area contributed by atoms with Gasteiger partial charge in [-0.05, 0) is 35.4 Å². The molecule has 3 aromatic rings. The molecule has 3 aromatic carbocycles. The number of carbonyl (C=O) groups excluding carboxylic acids is 2. The highest BCUT2D eigenvalue weighted by Gasteiger charge is 2.28. The highest BCUT2D eigenvalue weighted by Crippen LogP contribution is 2.32. The van der Waals surface area contributed by atoms with Crippen LogP contribution in [0.1, 0.15) is 27.1 Å². The van der Waals surface area contributed by atoms with Crippen molar-refractivity contribution >= 4 is 17.4 Å². The van der Waals surface area contributed by atoms with Crippen LogP contribution in [0.5, 0.6) is 5.75 Å². The quantitative estimate of drug-likeness (QED) is 0.688. The van der Waals surface area contributed by atoms with Crippen LogP contribution in [0.25, 0.3) is 11.1 Å². The summed E-state index contributed by atoms with van der Waals surface area (Å²) in [5, 5.41) is 0. The number of carbonyl (C=O) groups is 2. The van der Waals surface area contributed by atoms with Gasteiger partial charge in [-0.1, -0.05) is 42.5 Å². The SMILES string of the molecule is COc1ccc2c(c1)N(C(=O)c1cccc(-c3ccccc3)c1)CCC2=O. The molecular weight excluding hydrogens is 338 g/mol. The topological polar surface area (TPSA) is 46.6 Å². The molecule has 0 radical (unpaired) electrons. The third kappa shape index (κ3) is 3.22. The van der Waals surface area contributed by atoms with Gasteiger partial charge in [0.15, 0.2) is 5.78 Å². The maximum atomic E-state index is 13.2. The number of amides is 1. The fourth-order valence-electron chi connectivity index (χ4n) is 3.40. The minimum atomic E-state index is -0.116. The minimum Gasteiger partial charge on any atom is -0.497 e. The fourth-order valence-corrected chi connectivity index (χ4v) is 3.40. The normalized spacial score (nSPS) is 13.2. The van der Waals surface area contributed by atoms with E-state index in [0.717, 1.165) is 11.1 Å². The van der Waals surface area contributed by atoms with E-state index in [1.165, 1.54) is 0 Å². The largest absolute Gasteiger partial charge is 0.497 e. The molecule has 0 bridgehead atoms. The molecule has 0 atom stereocenters. The Morgan fingerprint density at radius 1 is 0.926 bits per heavy atom. The highest BCUT2D eigenvalue weighted by atomic mass is 16.5. The molecule has 0 saturated carbocycles. The predicted molar refractivity (Wildman–Crippen MR) is 105 cm³/mol. The first kappa shape index (κ1) is 17.0. The van der Waals surface area contributed by atoms with Gasteiger partial charge >= 0.3 is 0 Å². The zero-order valence-corrected chi connectivity index (χ0v) is 15.0. The van der Waals surface area contributed by atoms with E-state index >= 15 is 0 Å². The summed E-state index contributed by atoms with van der Waals surface area (Å²) >= 11 is 0. The average Bonchev–Trinajstić information content (AvgIpc) is 2.74. The van der Waals surface area contributed by atoms with Crippen LogP contribution in [0.15, 0.2) is 72.8 Å². The van der Waals surface area contributed by atoms with E-state index in [4.69, 9.17) is 4.74 Å². The van der Waals surface area contributed by atoms with Crippen LogP contribution in [-0.2, 0) is 0 Å². The van der Waals surface area contributed by atoms with Gasteiger partial charge in [0.1, 0.15) is 5.75 Å². The van der Waals surface area contributed by atoms with Gasteiger partial charge in [-0.3, -0.25) is 9.59 Å².